The summed E-state index contributed by atoms with van der Waals surface area (Å²) in [5.74, 6) is 1.21. The van der Waals surface area contributed by atoms with Crippen LogP contribution < -0.4 is 5.73 Å². The van der Waals surface area contributed by atoms with E-state index in [4.69, 9.17) is 5.73 Å². The maximum absolute atomic E-state index is 12.3. The van der Waals surface area contributed by atoms with Crippen LogP contribution in [0.2, 0.25) is 0 Å². The van der Waals surface area contributed by atoms with Crippen molar-refractivity contribution in [2.24, 2.45) is 5.92 Å². The molecule has 6 heteroatoms. The summed E-state index contributed by atoms with van der Waals surface area (Å²) in [6.45, 7) is 5.08. The van der Waals surface area contributed by atoms with Gasteiger partial charge in [-0.2, -0.15) is 0 Å². The maximum atomic E-state index is 12.3. The fraction of sp³-hybridized carbons (Fsp3) is 0.588. The van der Waals surface area contributed by atoms with E-state index in [0.29, 0.717) is 6.42 Å². The molecule has 2 aliphatic rings. The molecule has 1 aromatic carbocycles. The molecule has 0 unspecified atom stereocenters. The SMILES string of the molecule is Cl.Cl.Nc1ccccc1CCC(=O)N1CCN(CC2CC2)CC1. The second-order valence-corrected chi connectivity index (χ2v) is 6.32. The Morgan fingerprint density at radius 1 is 1.09 bits per heavy atom. The number of nitrogen functional groups attached to an aromatic ring is 1. The molecule has 1 saturated carbocycles. The number of piperazine rings is 1. The van der Waals surface area contributed by atoms with Crippen molar-refractivity contribution in [2.45, 2.75) is 25.7 Å². The number of aryl methyl sites for hydroxylation is 1. The van der Waals surface area contributed by atoms with E-state index in [9.17, 15) is 4.79 Å². The number of halogens is 2. The molecule has 1 saturated heterocycles. The highest BCUT2D eigenvalue weighted by molar-refractivity contribution is 5.85. The largest absolute Gasteiger partial charge is 0.399 e. The second-order valence-electron chi connectivity index (χ2n) is 6.32. The van der Waals surface area contributed by atoms with Gasteiger partial charge >= 0.3 is 0 Å². The minimum absolute atomic E-state index is 0. The Balaban J connectivity index is 0.00000132. The van der Waals surface area contributed by atoms with Gasteiger partial charge in [0.25, 0.3) is 0 Å². The summed E-state index contributed by atoms with van der Waals surface area (Å²) in [5.41, 5.74) is 7.80. The fourth-order valence-electron chi connectivity index (χ4n) is 3.01. The Morgan fingerprint density at radius 2 is 1.74 bits per heavy atom. The number of rotatable bonds is 5. The van der Waals surface area contributed by atoms with Crippen LogP contribution in [0.4, 0.5) is 5.69 Å². The van der Waals surface area contributed by atoms with E-state index in [-0.39, 0.29) is 30.7 Å². The molecular formula is C17H27Cl2N3O. The van der Waals surface area contributed by atoms with Crippen molar-refractivity contribution in [3.63, 3.8) is 0 Å². The number of anilines is 1. The number of carbonyl (C=O) groups excluding carboxylic acids is 1. The van der Waals surface area contributed by atoms with Gasteiger partial charge in [-0.3, -0.25) is 9.69 Å². The molecule has 1 aromatic rings. The summed E-state index contributed by atoms with van der Waals surface area (Å²) in [4.78, 5) is 16.8. The molecule has 0 bridgehead atoms. The lowest BCUT2D eigenvalue weighted by Gasteiger charge is -2.34. The highest BCUT2D eigenvalue weighted by atomic mass is 35.5. The minimum Gasteiger partial charge on any atom is -0.399 e. The quantitative estimate of drug-likeness (QED) is 0.822. The van der Waals surface area contributed by atoms with Crippen LogP contribution in [0.25, 0.3) is 0 Å². The van der Waals surface area contributed by atoms with Crippen LogP contribution in [-0.4, -0.2) is 48.4 Å². The normalized spacial score (nSPS) is 18.0. The molecule has 3 rings (SSSR count). The van der Waals surface area contributed by atoms with Gasteiger partial charge < -0.3 is 10.6 Å². The Kier molecular flexibility index (Phi) is 8.17. The Labute approximate surface area is 151 Å². The lowest BCUT2D eigenvalue weighted by molar-refractivity contribution is -0.132. The summed E-state index contributed by atoms with van der Waals surface area (Å²) >= 11 is 0. The predicted molar refractivity (Wildman–Crippen MR) is 99.4 cm³/mol. The van der Waals surface area contributed by atoms with Crippen molar-refractivity contribution in [2.75, 3.05) is 38.5 Å². The van der Waals surface area contributed by atoms with Crippen LogP contribution in [0.3, 0.4) is 0 Å². The number of nitrogens with two attached hydrogens (primary N) is 1. The smallest absolute Gasteiger partial charge is 0.222 e. The van der Waals surface area contributed by atoms with E-state index in [2.05, 4.69) is 4.90 Å². The molecule has 1 aliphatic carbocycles. The highest BCUT2D eigenvalue weighted by Crippen LogP contribution is 2.29. The van der Waals surface area contributed by atoms with Gasteiger partial charge in [0, 0.05) is 44.8 Å². The first-order chi connectivity index (χ1) is 10.2. The Morgan fingerprint density at radius 3 is 2.35 bits per heavy atom. The molecule has 1 heterocycles. The molecule has 0 aromatic heterocycles. The van der Waals surface area contributed by atoms with Crippen molar-refractivity contribution in [1.29, 1.82) is 0 Å². The number of hydrogen-bond donors (Lipinski definition) is 1. The van der Waals surface area contributed by atoms with Crippen LogP contribution >= 0.6 is 24.8 Å². The van der Waals surface area contributed by atoms with Gasteiger partial charge in [-0.1, -0.05) is 18.2 Å². The first-order valence-electron chi connectivity index (χ1n) is 8.06. The molecule has 23 heavy (non-hydrogen) atoms. The second kappa shape index (κ2) is 9.36. The molecule has 4 nitrogen and oxygen atoms in total. The molecule has 0 spiro atoms. The van der Waals surface area contributed by atoms with Crippen molar-refractivity contribution >= 4 is 36.4 Å². The first-order valence-corrected chi connectivity index (χ1v) is 8.06. The third kappa shape index (κ3) is 5.87. The van der Waals surface area contributed by atoms with E-state index < -0.39 is 0 Å². The monoisotopic (exact) mass is 359 g/mol. The number of carbonyl (C=O) groups is 1. The summed E-state index contributed by atoms with van der Waals surface area (Å²) in [6, 6.07) is 7.82. The average molecular weight is 360 g/mol. The molecule has 0 atom stereocenters. The fourth-order valence-corrected chi connectivity index (χ4v) is 3.01. The molecule has 0 radical (unpaired) electrons. The standard InChI is InChI=1S/C17H25N3O.2ClH/c18-16-4-2-1-3-15(16)7-8-17(21)20-11-9-19(10-12-20)13-14-5-6-14;;/h1-4,14H,5-13,18H2;2*1H. The maximum Gasteiger partial charge on any atom is 0.222 e. The highest BCUT2D eigenvalue weighted by Gasteiger charge is 2.27. The summed E-state index contributed by atoms with van der Waals surface area (Å²) < 4.78 is 0. The number of nitrogens with zero attached hydrogens (tertiary/aromatic N) is 2. The van der Waals surface area contributed by atoms with E-state index in [1.165, 1.54) is 19.4 Å². The van der Waals surface area contributed by atoms with Crippen molar-refractivity contribution in [1.82, 2.24) is 9.80 Å². The van der Waals surface area contributed by atoms with Gasteiger partial charge in [0.1, 0.15) is 0 Å². The average Bonchev–Trinajstić information content (AvgIpc) is 3.31. The number of amides is 1. The lowest BCUT2D eigenvalue weighted by atomic mass is 10.1. The molecule has 130 valence electrons. The third-order valence-corrected chi connectivity index (χ3v) is 4.60. The van der Waals surface area contributed by atoms with E-state index in [0.717, 1.165) is 49.8 Å². The zero-order valence-corrected chi connectivity index (χ0v) is 15.1. The van der Waals surface area contributed by atoms with Gasteiger partial charge in [0.15, 0.2) is 0 Å². The minimum atomic E-state index is 0. The van der Waals surface area contributed by atoms with Gasteiger partial charge in [0.2, 0.25) is 5.91 Å². The van der Waals surface area contributed by atoms with E-state index >= 15 is 0 Å². The lowest BCUT2D eigenvalue weighted by Crippen LogP contribution is -2.49. The molecule has 1 aliphatic heterocycles. The van der Waals surface area contributed by atoms with Crippen molar-refractivity contribution in [3.05, 3.63) is 29.8 Å². The zero-order valence-electron chi connectivity index (χ0n) is 13.4. The van der Waals surface area contributed by atoms with Crippen molar-refractivity contribution in [3.8, 4) is 0 Å². The summed E-state index contributed by atoms with van der Waals surface area (Å²) in [6.07, 6.45) is 4.11. The van der Waals surface area contributed by atoms with Crippen LogP contribution in [0.1, 0.15) is 24.8 Å². The number of benzene rings is 1. The molecule has 2 N–H and O–H groups in total. The van der Waals surface area contributed by atoms with Crippen LogP contribution in [-0.2, 0) is 11.2 Å². The first kappa shape index (κ1) is 20.1. The van der Waals surface area contributed by atoms with Gasteiger partial charge in [-0.15, -0.1) is 24.8 Å². The van der Waals surface area contributed by atoms with Gasteiger partial charge in [-0.05, 0) is 36.8 Å². The molecule has 2 fully saturated rings. The van der Waals surface area contributed by atoms with Gasteiger partial charge in [0.05, 0.1) is 0 Å². The summed E-state index contributed by atoms with van der Waals surface area (Å²) in [5, 5.41) is 0. The predicted octanol–water partition coefficient (Wildman–Crippen LogP) is 2.60. The van der Waals surface area contributed by atoms with Crippen LogP contribution in [0, 0.1) is 5.92 Å². The Bertz CT molecular complexity index is 500. The van der Waals surface area contributed by atoms with E-state index in [1.54, 1.807) is 0 Å². The summed E-state index contributed by atoms with van der Waals surface area (Å²) in [7, 11) is 0. The van der Waals surface area contributed by atoms with E-state index in [1.807, 2.05) is 29.2 Å². The topological polar surface area (TPSA) is 49.6 Å². The van der Waals surface area contributed by atoms with Crippen LogP contribution in [0.5, 0.6) is 0 Å². The Hall–Kier alpha value is -0.970. The number of hydrogen-bond acceptors (Lipinski definition) is 3. The van der Waals surface area contributed by atoms with Crippen molar-refractivity contribution < 1.29 is 4.79 Å². The zero-order chi connectivity index (χ0) is 14.7. The number of para-hydroxylation sites is 1. The van der Waals surface area contributed by atoms with Gasteiger partial charge in [-0.25, -0.2) is 0 Å². The third-order valence-electron chi connectivity index (χ3n) is 4.60. The van der Waals surface area contributed by atoms with Crippen LogP contribution in [0.15, 0.2) is 24.3 Å². The molecular weight excluding hydrogens is 333 g/mol. The molecule has 1 amide bonds.